The van der Waals surface area contributed by atoms with E-state index in [1.165, 1.54) is 0 Å². The van der Waals surface area contributed by atoms with Crippen molar-refractivity contribution in [1.29, 1.82) is 0 Å². The Bertz CT molecular complexity index is 960. The van der Waals surface area contributed by atoms with Gasteiger partial charge in [0.25, 0.3) is 0 Å². The lowest BCUT2D eigenvalue weighted by atomic mass is 9.38. The number of hydrogen-bond acceptors (Lipinski definition) is 5. The molecule has 4 rings (SSSR count). The van der Waals surface area contributed by atoms with Gasteiger partial charge in [-0.3, -0.25) is 9.59 Å². The van der Waals surface area contributed by atoms with Crippen molar-refractivity contribution in [2.45, 2.75) is 77.4 Å². The number of fused-ring (bicyclic) bond motifs is 4. The number of carbonyl (C=O) groups excluding carboxylic acids is 3. The van der Waals surface area contributed by atoms with Crippen LogP contribution >= 0.6 is 0 Å². The third-order valence-corrected chi connectivity index (χ3v) is 7.29. The fourth-order valence-electron chi connectivity index (χ4n) is 5.87. The lowest BCUT2D eigenvalue weighted by Crippen LogP contribution is -2.69. The summed E-state index contributed by atoms with van der Waals surface area (Å²) in [6.45, 7) is 12.2. The number of amides is 2. The molecule has 0 unspecified atom stereocenters. The highest BCUT2D eigenvalue weighted by Gasteiger charge is 2.75. The van der Waals surface area contributed by atoms with E-state index in [1.807, 2.05) is 65.8 Å². The van der Waals surface area contributed by atoms with Crippen molar-refractivity contribution in [3.05, 3.63) is 29.8 Å². The molecule has 32 heavy (non-hydrogen) atoms. The van der Waals surface area contributed by atoms with Gasteiger partial charge in [0.1, 0.15) is 5.60 Å². The minimum Gasteiger partial charge on any atom is -0.465 e. The number of rotatable bonds is 3. The van der Waals surface area contributed by atoms with Gasteiger partial charge in [-0.05, 0) is 72.4 Å². The number of hydrogen-bond donors (Lipinski definition) is 1. The van der Waals surface area contributed by atoms with Crippen molar-refractivity contribution in [2.24, 2.45) is 11.3 Å². The van der Waals surface area contributed by atoms with E-state index < -0.39 is 28.1 Å². The molecule has 1 saturated heterocycles. The Hall–Kier alpha value is -2.57. The van der Waals surface area contributed by atoms with Gasteiger partial charge in [0, 0.05) is 23.2 Å². The van der Waals surface area contributed by atoms with Crippen molar-refractivity contribution in [3.8, 4) is 0 Å². The molecule has 1 saturated carbocycles. The number of nitrogens with one attached hydrogen (secondary N) is 1. The zero-order valence-corrected chi connectivity index (χ0v) is 19.9. The SMILES string of the molecule is CC(C)(C)OC(=O)N(CC[C@]12c3ccccc3NC(=O)[C@H]1C[C@@]21CCOC1=O)C(C)(C)C. The second kappa shape index (κ2) is 7.22. The summed E-state index contributed by atoms with van der Waals surface area (Å²) in [6, 6.07) is 7.71. The maximum Gasteiger partial charge on any atom is 0.410 e. The summed E-state index contributed by atoms with van der Waals surface area (Å²) >= 11 is 0. The Morgan fingerprint density at radius 3 is 2.47 bits per heavy atom. The molecule has 1 N–H and O–H groups in total. The normalized spacial score (nSPS) is 28.9. The number of carbonyl (C=O) groups is 3. The number of benzene rings is 1. The van der Waals surface area contributed by atoms with E-state index in [2.05, 4.69) is 5.32 Å². The molecule has 174 valence electrons. The van der Waals surface area contributed by atoms with Gasteiger partial charge in [-0.2, -0.15) is 0 Å². The molecular formula is C25H34N2O5. The first-order chi connectivity index (χ1) is 14.8. The number of esters is 1. The highest BCUT2D eigenvalue weighted by Crippen LogP contribution is 2.69. The molecule has 3 aliphatic rings. The summed E-state index contributed by atoms with van der Waals surface area (Å²) < 4.78 is 11.1. The minimum absolute atomic E-state index is 0.0615. The van der Waals surface area contributed by atoms with E-state index in [0.717, 1.165) is 11.3 Å². The Morgan fingerprint density at radius 1 is 1.19 bits per heavy atom. The van der Waals surface area contributed by atoms with Gasteiger partial charge < -0.3 is 19.7 Å². The number of para-hydroxylation sites is 1. The van der Waals surface area contributed by atoms with E-state index in [1.54, 1.807) is 4.90 Å². The van der Waals surface area contributed by atoms with Gasteiger partial charge >= 0.3 is 12.1 Å². The average molecular weight is 443 g/mol. The van der Waals surface area contributed by atoms with Crippen LogP contribution in [0.25, 0.3) is 0 Å². The van der Waals surface area contributed by atoms with E-state index in [9.17, 15) is 14.4 Å². The predicted molar refractivity (Wildman–Crippen MR) is 120 cm³/mol. The van der Waals surface area contributed by atoms with Crippen molar-refractivity contribution < 1.29 is 23.9 Å². The Labute approximate surface area is 189 Å². The number of cyclic esters (lactones) is 1. The average Bonchev–Trinajstić information content (AvgIpc) is 3.04. The first-order valence-corrected chi connectivity index (χ1v) is 11.4. The van der Waals surface area contributed by atoms with Gasteiger partial charge in [0.15, 0.2) is 0 Å². The molecule has 2 fully saturated rings. The zero-order chi connectivity index (χ0) is 23.5. The third-order valence-electron chi connectivity index (χ3n) is 7.29. The molecule has 3 atom stereocenters. The summed E-state index contributed by atoms with van der Waals surface area (Å²) in [5.74, 6) is -0.616. The van der Waals surface area contributed by atoms with Crippen molar-refractivity contribution in [3.63, 3.8) is 0 Å². The Morgan fingerprint density at radius 2 is 1.88 bits per heavy atom. The highest BCUT2D eigenvalue weighted by atomic mass is 16.6. The maximum atomic E-state index is 13.1. The van der Waals surface area contributed by atoms with Gasteiger partial charge in [-0.25, -0.2) is 4.79 Å². The maximum absolute atomic E-state index is 13.1. The van der Waals surface area contributed by atoms with Gasteiger partial charge in [-0.1, -0.05) is 18.2 Å². The molecule has 1 aromatic carbocycles. The van der Waals surface area contributed by atoms with Crippen LogP contribution in [0, 0.1) is 11.3 Å². The monoisotopic (exact) mass is 442 g/mol. The van der Waals surface area contributed by atoms with Crippen LogP contribution in [0.15, 0.2) is 24.3 Å². The summed E-state index contributed by atoms with van der Waals surface area (Å²) in [7, 11) is 0. The van der Waals surface area contributed by atoms with Gasteiger partial charge in [0.05, 0.1) is 17.9 Å². The number of anilines is 1. The van der Waals surface area contributed by atoms with Crippen LogP contribution < -0.4 is 5.32 Å². The van der Waals surface area contributed by atoms with Gasteiger partial charge in [-0.15, -0.1) is 0 Å². The van der Waals surface area contributed by atoms with Crippen LogP contribution in [0.5, 0.6) is 0 Å². The molecule has 7 heteroatoms. The fourth-order valence-corrected chi connectivity index (χ4v) is 5.87. The summed E-state index contributed by atoms with van der Waals surface area (Å²) in [5.41, 5.74) is -0.836. The molecule has 0 bridgehead atoms. The standard InChI is InChI=1S/C25H34N2O5/c1-22(2,3)27(21(30)32-23(4,5)6)13-11-25-16-9-7-8-10-18(16)26-19(28)17(25)15-24(25)12-14-31-20(24)29/h7-10,17H,11-15H2,1-6H3,(H,26,28)/t17-,24-,25+/m1/s1. The van der Waals surface area contributed by atoms with Crippen LogP contribution in [-0.2, 0) is 24.5 Å². The van der Waals surface area contributed by atoms with Gasteiger partial charge in [0.2, 0.25) is 5.91 Å². The van der Waals surface area contributed by atoms with Crippen molar-refractivity contribution in [2.75, 3.05) is 18.5 Å². The molecule has 2 amide bonds. The van der Waals surface area contributed by atoms with E-state index >= 15 is 0 Å². The fraction of sp³-hybridized carbons (Fsp3) is 0.640. The van der Waals surface area contributed by atoms with E-state index in [4.69, 9.17) is 9.47 Å². The van der Waals surface area contributed by atoms with Crippen molar-refractivity contribution in [1.82, 2.24) is 4.90 Å². The number of ether oxygens (including phenoxy) is 2. The quantitative estimate of drug-likeness (QED) is 0.707. The smallest absolute Gasteiger partial charge is 0.410 e. The van der Waals surface area contributed by atoms with Crippen LogP contribution in [0.4, 0.5) is 10.5 Å². The topological polar surface area (TPSA) is 84.9 Å². The first-order valence-electron chi connectivity index (χ1n) is 11.4. The molecule has 2 aliphatic heterocycles. The van der Waals surface area contributed by atoms with E-state index in [-0.39, 0.29) is 17.8 Å². The molecular weight excluding hydrogens is 408 g/mol. The van der Waals surface area contributed by atoms with Crippen LogP contribution in [-0.4, -0.2) is 47.2 Å². The second-order valence-electron chi connectivity index (χ2n) is 11.3. The first kappa shape index (κ1) is 22.6. The lowest BCUT2D eigenvalue weighted by molar-refractivity contribution is -0.170. The molecule has 2 heterocycles. The molecule has 1 aliphatic carbocycles. The van der Waals surface area contributed by atoms with Crippen LogP contribution in [0.3, 0.4) is 0 Å². The number of nitrogens with zero attached hydrogens (tertiary/aromatic N) is 1. The zero-order valence-electron chi connectivity index (χ0n) is 19.9. The van der Waals surface area contributed by atoms with Crippen molar-refractivity contribution >= 4 is 23.7 Å². The molecule has 0 radical (unpaired) electrons. The summed E-state index contributed by atoms with van der Waals surface area (Å²) in [5, 5.41) is 3.01. The lowest BCUT2D eigenvalue weighted by Gasteiger charge is -2.63. The highest BCUT2D eigenvalue weighted by molar-refractivity contribution is 6.02. The summed E-state index contributed by atoms with van der Waals surface area (Å²) in [6.07, 6.45) is 1.15. The summed E-state index contributed by atoms with van der Waals surface area (Å²) in [4.78, 5) is 40.9. The third kappa shape index (κ3) is 3.28. The predicted octanol–water partition coefficient (Wildman–Crippen LogP) is 4.26. The molecule has 1 spiro atoms. The van der Waals surface area contributed by atoms with Crippen LogP contribution in [0.1, 0.15) is 66.4 Å². The Balaban J connectivity index is 1.75. The van der Waals surface area contributed by atoms with Crippen LogP contribution in [0.2, 0.25) is 0 Å². The molecule has 7 nitrogen and oxygen atoms in total. The largest absolute Gasteiger partial charge is 0.465 e. The minimum atomic E-state index is -0.733. The second-order valence-corrected chi connectivity index (χ2v) is 11.3. The molecule has 0 aromatic heterocycles. The molecule has 1 aromatic rings. The Kier molecular flexibility index (Phi) is 5.10. The van der Waals surface area contributed by atoms with E-state index in [0.29, 0.717) is 32.4 Å².